The molecule has 1 heterocycles. The molecular weight excluding hydrogens is 265 g/mol. The van der Waals surface area contributed by atoms with Crippen LogP contribution in [0, 0.1) is 12.7 Å². The molecule has 0 unspecified atom stereocenters. The highest BCUT2D eigenvalue weighted by Crippen LogP contribution is 2.20. The van der Waals surface area contributed by atoms with E-state index in [0.717, 1.165) is 28.1 Å². The van der Waals surface area contributed by atoms with Crippen LogP contribution in [0.2, 0.25) is 0 Å². The van der Waals surface area contributed by atoms with Gasteiger partial charge in [-0.2, -0.15) is 5.10 Å². The van der Waals surface area contributed by atoms with Crippen LogP contribution < -0.4 is 5.32 Å². The molecule has 21 heavy (non-hydrogen) atoms. The number of benzene rings is 2. The van der Waals surface area contributed by atoms with Gasteiger partial charge in [0.2, 0.25) is 0 Å². The quantitative estimate of drug-likeness (QED) is 0.754. The second kappa shape index (κ2) is 5.79. The predicted molar refractivity (Wildman–Crippen MR) is 82.5 cm³/mol. The molecule has 0 aliphatic heterocycles. The maximum Gasteiger partial charge on any atom is 0.123 e. The first kappa shape index (κ1) is 13.4. The number of hydrogen-bond acceptors (Lipinski definition) is 2. The molecule has 4 heteroatoms. The smallest absolute Gasteiger partial charge is 0.123 e. The van der Waals surface area contributed by atoms with E-state index in [9.17, 15) is 4.39 Å². The number of aryl methyl sites for hydroxylation is 1. The van der Waals surface area contributed by atoms with Crippen LogP contribution in [0.4, 0.5) is 10.1 Å². The molecule has 0 fully saturated rings. The van der Waals surface area contributed by atoms with Crippen molar-refractivity contribution in [1.29, 1.82) is 0 Å². The lowest BCUT2D eigenvalue weighted by Crippen LogP contribution is -2.01. The fourth-order valence-electron chi connectivity index (χ4n) is 2.21. The van der Waals surface area contributed by atoms with Crippen molar-refractivity contribution < 1.29 is 4.39 Å². The summed E-state index contributed by atoms with van der Waals surface area (Å²) < 4.78 is 13.2. The monoisotopic (exact) mass is 281 g/mol. The maximum absolute atomic E-state index is 13.2. The summed E-state index contributed by atoms with van der Waals surface area (Å²) >= 11 is 0. The van der Waals surface area contributed by atoms with Crippen LogP contribution in [-0.2, 0) is 6.54 Å². The van der Waals surface area contributed by atoms with Gasteiger partial charge in [0.1, 0.15) is 5.82 Å². The van der Waals surface area contributed by atoms with E-state index in [4.69, 9.17) is 0 Å². The van der Waals surface area contributed by atoms with Gasteiger partial charge in [0.15, 0.2) is 0 Å². The standard InChI is InChI=1S/C17H16FN3/c1-12-2-5-15(18)10-14(12)11-19-16-6-3-13(4-7-16)17-8-9-20-21-17/h2-10,19H,11H2,1H3,(H,20,21). The first-order valence-electron chi connectivity index (χ1n) is 6.81. The van der Waals surface area contributed by atoms with Crippen molar-refractivity contribution >= 4 is 5.69 Å². The molecule has 0 bridgehead atoms. The summed E-state index contributed by atoms with van der Waals surface area (Å²) in [6.07, 6.45) is 1.73. The van der Waals surface area contributed by atoms with Gasteiger partial charge in [-0.05, 0) is 53.9 Å². The van der Waals surface area contributed by atoms with Gasteiger partial charge in [-0.3, -0.25) is 5.10 Å². The van der Waals surface area contributed by atoms with Gasteiger partial charge < -0.3 is 5.32 Å². The molecule has 0 atom stereocenters. The molecule has 2 aromatic carbocycles. The summed E-state index contributed by atoms with van der Waals surface area (Å²) in [5, 5.41) is 10.2. The van der Waals surface area contributed by atoms with E-state index in [1.54, 1.807) is 18.3 Å². The highest BCUT2D eigenvalue weighted by atomic mass is 19.1. The van der Waals surface area contributed by atoms with E-state index in [-0.39, 0.29) is 5.82 Å². The highest BCUT2D eigenvalue weighted by molar-refractivity contribution is 5.62. The fourth-order valence-corrected chi connectivity index (χ4v) is 2.21. The Labute approximate surface area is 122 Å². The molecule has 3 rings (SSSR count). The number of aromatic nitrogens is 2. The summed E-state index contributed by atoms with van der Waals surface area (Å²) in [5.41, 5.74) is 5.12. The SMILES string of the molecule is Cc1ccc(F)cc1CNc1ccc(-c2ccn[nH]2)cc1. The van der Waals surface area contributed by atoms with Crippen molar-refractivity contribution in [2.75, 3.05) is 5.32 Å². The zero-order valence-corrected chi connectivity index (χ0v) is 11.7. The molecule has 1 aromatic heterocycles. The molecule has 0 aliphatic rings. The first-order valence-corrected chi connectivity index (χ1v) is 6.81. The Bertz CT molecular complexity index is 718. The molecule has 3 nitrogen and oxygen atoms in total. The average molecular weight is 281 g/mol. The molecule has 0 spiro atoms. The Morgan fingerprint density at radius 3 is 2.62 bits per heavy atom. The lowest BCUT2D eigenvalue weighted by molar-refractivity contribution is 0.625. The van der Waals surface area contributed by atoms with Crippen molar-refractivity contribution in [3.63, 3.8) is 0 Å². The molecule has 2 N–H and O–H groups in total. The van der Waals surface area contributed by atoms with Crippen LogP contribution in [0.1, 0.15) is 11.1 Å². The lowest BCUT2D eigenvalue weighted by atomic mass is 10.1. The highest BCUT2D eigenvalue weighted by Gasteiger charge is 2.02. The number of halogens is 1. The Morgan fingerprint density at radius 1 is 1.10 bits per heavy atom. The van der Waals surface area contributed by atoms with Gasteiger partial charge in [0.05, 0.1) is 5.69 Å². The van der Waals surface area contributed by atoms with Crippen molar-refractivity contribution in [3.8, 4) is 11.3 Å². The van der Waals surface area contributed by atoms with Crippen LogP contribution in [0.5, 0.6) is 0 Å². The summed E-state index contributed by atoms with van der Waals surface area (Å²) in [6, 6.07) is 14.8. The minimum absolute atomic E-state index is 0.202. The van der Waals surface area contributed by atoms with E-state index in [1.807, 2.05) is 37.3 Å². The number of rotatable bonds is 4. The fraction of sp³-hybridized carbons (Fsp3) is 0.118. The third-order valence-corrected chi connectivity index (χ3v) is 3.49. The van der Waals surface area contributed by atoms with Gasteiger partial charge in [-0.15, -0.1) is 0 Å². The number of H-pyrrole nitrogens is 1. The summed E-state index contributed by atoms with van der Waals surface area (Å²) in [6.45, 7) is 2.59. The summed E-state index contributed by atoms with van der Waals surface area (Å²) in [4.78, 5) is 0. The van der Waals surface area contributed by atoms with Crippen molar-refractivity contribution in [2.24, 2.45) is 0 Å². The van der Waals surface area contributed by atoms with Gasteiger partial charge >= 0.3 is 0 Å². The minimum atomic E-state index is -0.202. The molecule has 0 radical (unpaired) electrons. The van der Waals surface area contributed by atoms with Crippen LogP contribution in [-0.4, -0.2) is 10.2 Å². The Morgan fingerprint density at radius 2 is 1.90 bits per heavy atom. The molecule has 0 saturated carbocycles. The topological polar surface area (TPSA) is 40.7 Å². The van der Waals surface area contributed by atoms with Crippen molar-refractivity contribution in [2.45, 2.75) is 13.5 Å². The van der Waals surface area contributed by atoms with Crippen molar-refractivity contribution in [3.05, 3.63) is 71.7 Å². The van der Waals surface area contributed by atoms with Crippen molar-refractivity contribution in [1.82, 2.24) is 10.2 Å². The van der Waals surface area contributed by atoms with E-state index in [2.05, 4.69) is 15.5 Å². The zero-order valence-electron chi connectivity index (χ0n) is 11.7. The molecule has 0 saturated heterocycles. The molecule has 0 amide bonds. The number of aromatic amines is 1. The normalized spacial score (nSPS) is 10.6. The van der Waals surface area contributed by atoms with Gasteiger partial charge in [0, 0.05) is 18.4 Å². The number of nitrogens with one attached hydrogen (secondary N) is 2. The summed E-state index contributed by atoms with van der Waals surface area (Å²) in [7, 11) is 0. The van der Waals surface area contributed by atoms with Crippen LogP contribution >= 0.6 is 0 Å². The summed E-state index contributed by atoms with van der Waals surface area (Å²) in [5.74, 6) is -0.202. The van der Waals surface area contributed by atoms with Crippen LogP contribution in [0.15, 0.2) is 54.7 Å². The minimum Gasteiger partial charge on any atom is -0.381 e. The zero-order chi connectivity index (χ0) is 14.7. The van der Waals surface area contributed by atoms with Crippen LogP contribution in [0.3, 0.4) is 0 Å². The predicted octanol–water partition coefficient (Wildman–Crippen LogP) is 4.14. The lowest BCUT2D eigenvalue weighted by Gasteiger charge is -2.09. The third kappa shape index (κ3) is 3.11. The van der Waals surface area contributed by atoms with Gasteiger partial charge in [-0.25, -0.2) is 4.39 Å². The second-order valence-corrected chi connectivity index (χ2v) is 4.97. The third-order valence-electron chi connectivity index (χ3n) is 3.49. The molecule has 3 aromatic rings. The molecule has 106 valence electrons. The van der Waals surface area contributed by atoms with Gasteiger partial charge in [-0.1, -0.05) is 18.2 Å². The maximum atomic E-state index is 13.2. The van der Waals surface area contributed by atoms with E-state index >= 15 is 0 Å². The average Bonchev–Trinajstić information content (AvgIpc) is 3.03. The Balaban J connectivity index is 1.70. The first-order chi connectivity index (χ1) is 10.2. The number of hydrogen-bond donors (Lipinski definition) is 2. The second-order valence-electron chi connectivity index (χ2n) is 4.97. The molecular formula is C17H16FN3. The van der Waals surface area contributed by atoms with E-state index < -0.39 is 0 Å². The van der Waals surface area contributed by atoms with Crippen LogP contribution in [0.25, 0.3) is 11.3 Å². The largest absolute Gasteiger partial charge is 0.381 e. The molecule has 0 aliphatic carbocycles. The Kier molecular flexibility index (Phi) is 3.69. The number of nitrogens with zero attached hydrogens (tertiary/aromatic N) is 1. The van der Waals surface area contributed by atoms with Gasteiger partial charge in [0.25, 0.3) is 0 Å². The Hall–Kier alpha value is -2.62. The van der Waals surface area contributed by atoms with E-state index in [1.165, 1.54) is 6.07 Å². The van der Waals surface area contributed by atoms with E-state index in [0.29, 0.717) is 6.54 Å². The number of anilines is 1.